The number of nitrogens with zero attached hydrogens (tertiary/aromatic N) is 10. The molecule has 0 amide bonds. The largest absolute Gasteiger partial charge is 0.497 e. The van der Waals surface area contributed by atoms with Gasteiger partial charge in [0.1, 0.15) is 39.5 Å². The number of aromatic hydroxyl groups is 3. The molecule has 3 aromatic heterocycles. The summed E-state index contributed by atoms with van der Waals surface area (Å²) in [6.07, 6.45) is 0. The summed E-state index contributed by atoms with van der Waals surface area (Å²) < 4.78 is 49.6. The third-order valence-electron chi connectivity index (χ3n) is 13.0. The average Bonchev–Trinajstić information content (AvgIpc) is 3.72. The summed E-state index contributed by atoms with van der Waals surface area (Å²) in [4.78, 5) is 37.1. The molecule has 0 spiro atoms. The molecule has 3 N–H and O–H groups in total. The summed E-state index contributed by atoms with van der Waals surface area (Å²) in [5, 5.41) is 63.7. The molecule has 23 heteroatoms. The van der Waals surface area contributed by atoms with Crippen LogP contribution in [0.4, 0.5) is 34.1 Å². The highest BCUT2D eigenvalue weighted by Gasteiger charge is 2.20. The van der Waals surface area contributed by atoms with Crippen LogP contribution in [0.15, 0.2) is 165 Å². The lowest BCUT2D eigenvalue weighted by Gasteiger charge is -2.11. The maximum Gasteiger partial charge on any atom is 0.339 e. The van der Waals surface area contributed by atoms with Gasteiger partial charge in [-0.25, -0.2) is 0 Å². The second kappa shape index (κ2) is 31.5. The summed E-state index contributed by atoms with van der Waals surface area (Å²) in [5.41, 5.74) is 5.36. The number of ether oxygens (including phenoxy) is 3. The minimum atomic E-state index is -4.03. The first-order chi connectivity index (χ1) is 40.9. The molecule has 0 bridgehead atoms. The lowest BCUT2D eigenvalue weighted by Crippen LogP contribution is -2.18. The van der Waals surface area contributed by atoms with Crippen molar-refractivity contribution < 1.29 is 42.1 Å². The van der Waals surface area contributed by atoms with Crippen LogP contribution in [0.3, 0.4) is 0 Å². The van der Waals surface area contributed by atoms with Crippen molar-refractivity contribution in [3.8, 4) is 46.7 Å². The lowest BCUT2D eigenvalue weighted by atomic mass is 10.1. The molecule has 0 unspecified atom stereocenters. The fourth-order valence-electron chi connectivity index (χ4n) is 7.54. The number of benzene rings is 5. The SMILES string of the molecule is CC.CC.COc1ccc(N=Nc2c(C)c(C)c(O)n(C)c2=O)c(C)c1.Cc1ccc(OCOc2ccccc2)cc1N=Nc1c(C)c(C)c(O)n(C)c1=O.Cc1ccc(OS(=O)(=O)c2ccccc2)cc1N=Nc1c(C)c(C#N)c(O)n(C)c1=O. The summed E-state index contributed by atoms with van der Waals surface area (Å²) in [5.74, 6) is 1.47. The predicted molar refractivity (Wildman–Crippen MR) is 331 cm³/mol. The van der Waals surface area contributed by atoms with Gasteiger partial charge in [0.25, 0.3) is 16.7 Å². The van der Waals surface area contributed by atoms with Crippen LogP contribution in [0.1, 0.15) is 77.8 Å². The van der Waals surface area contributed by atoms with E-state index in [0.29, 0.717) is 50.7 Å². The van der Waals surface area contributed by atoms with Gasteiger partial charge in [-0.2, -0.15) is 18.8 Å². The number of rotatable bonds is 14. The smallest absolute Gasteiger partial charge is 0.339 e. The van der Waals surface area contributed by atoms with Gasteiger partial charge in [-0.1, -0.05) is 76.2 Å². The Bertz CT molecular complexity index is 4130. The number of nitriles is 1. The Hall–Kier alpha value is -10.2. The van der Waals surface area contributed by atoms with Gasteiger partial charge < -0.3 is 33.7 Å². The summed E-state index contributed by atoms with van der Waals surface area (Å²) >= 11 is 0. The fraction of sp³-hybridized carbons (Fsp3) is 0.270. The first kappa shape index (κ1) is 68.3. The van der Waals surface area contributed by atoms with Crippen LogP contribution in [-0.4, -0.2) is 51.3 Å². The van der Waals surface area contributed by atoms with Crippen molar-refractivity contribution in [2.24, 2.45) is 51.8 Å². The van der Waals surface area contributed by atoms with Crippen LogP contribution < -0.4 is 35.1 Å². The van der Waals surface area contributed by atoms with Crippen molar-refractivity contribution in [1.82, 2.24) is 13.7 Å². The summed E-state index contributed by atoms with van der Waals surface area (Å²) in [6.45, 7) is 22.0. The molecule has 452 valence electrons. The molecule has 0 aliphatic heterocycles. The number of hydrogen-bond acceptors (Lipinski definition) is 19. The Kier molecular flexibility index (Phi) is 25.0. The van der Waals surface area contributed by atoms with Gasteiger partial charge in [0.05, 0.1) is 24.2 Å². The van der Waals surface area contributed by atoms with E-state index in [9.17, 15) is 43.4 Å². The molecule has 8 rings (SSSR count). The molecular weight excluding hydrogens is 1120 g/mol. The number of para-hydroxylation sites is 1. The van der Waals surface area contributed by atoms with E-state index in [2.05, 4.69) is 30.7 Å². The van der Waals surface area contributed by atoms with Crippen molar-refractivity contribution >= 4 is 44.2 Å². The van der Waals surface area contributed by atoms with Crippen LogP contribution >= 0.6 is 0 Å². The first-order valence-electron chi connectivity index (χ1n) is 26.9. The van der Waals surface area contributed by atoms with E-state index in [0.717, 1.165) is 30.6 Å². The molecule has 0 aliphatic carbocycles. The minimum absolute atomic E-state index is 0.00555. The zero-order valence-corrected chi connectivity index (χ0v) is 51.9. The molecule has 3 heterocycles. The Labute approximate surface area is 500 Å². The normalized spacial score (nSPS) is 10.8. The van der Waals surface area contributed by atoms with Crippen LogP contribution in [0.5, 0.6) is 40.6 Å². The van der Waals surface area contributed by atoms with Crippen molar-refractivity contribution in [1.29, 1.82) is 5.26 Å². The second-order valence-electron chi connectivity index (χ2n) is 18.4. The second-order valence-corrected chi connectivity index (χ2v) is 20.0. The van der Waals surface area contributed by atoms with E-state index in [-0.39, 0.29) is 68.6 Å². The zero-order chi connectivity index (χ0) is 64.2. The fourth-order valence-corrected chi connectivity index (χ4v) is 8.48. The maximum absolute atomic E-state index is 12.4. The third-order valence-corrected chi connectivity index (χ3v) is 14.3. The molecule has 8 aromatic rings. The van der Waals surface area contributed by atoms with Gasteiger partial charge in [-0.15, -0.1) is 25.6 Å². The van der Waals surface area contributed by atoms with Crippen LogP contribution in [0, 0.1) is 66.7 Å². The van der Waals surface area contributed by atoms with E-state index in [1.54, 1.807) is 84.2 Å². The molecule has 0 aliphatic rings. The van der Waals surface area contributed by atoms with E-state index < -0.39 is 27.1 Å². The molecule has 0 atom stereocenters. The Morgan fingerprint density at radius 1 is 0.465 bits per heavy atom. The molecule has 22 nitrogen and oxygen atoms in total. The van der Waals surface area contributed by atoms with Gasteiger partial charge in [0.15, 0.2) is 28.8 Å². The standard InChI is InChI=1S/C22H23N3O4.C21H18N4O5S.C16H19N3O3.2C2H6/c1-14-10-11-18(29-13-28-17-8-6-5-7-9-17)12-19(14)23-24-20-15(2)16(3)21(26)25(4)22(20)27;1-13-9-10-15(30-31(28,29)16-7-5-4-6-8-16)11-18(13)23-24-19-14(2)17(12-22)20(26)25(3)21(19)27;1-9-8-12(22-5)6-7-13(9)17-18-14-10(2)11(3)15(20)19(4)16(14)21;2*1-2/h5-12,26H,13H2,1-4H3;4-11,26H,1-3H3;6-8,20H,1-5H3;2*1-2H3. The maximum atomic E-state index is 12.4. The Morgan fingerprint density at radius 3 is 1.34 bits per heavy atom. The monoisotopic (exact) mass is 1190 g/mol. The number of aryl methyl sites for hydroxylation is 3. The molecule has 0 fully saturated rings. The van der Waals surface area contributed by atoms with Crippen LogP contribution in [-0.2, 0) is 31.3 Å². The minimum Gasteiger partial charge on any atom is -0.497 e. The van der Waals surface area contributed by atoms with E-state index in [1.807, 2.05) is 96.1 Å². The van der Waals surface area contributed by atoms with E-state index in [4.69, 9.17) is 18.4 Å². The highest BCUT2D eigenvalue weighted by atomic mass is 32.2. The average molecular weight is 1190 g/mol. The van der Waals surface area contributed by atoms with Crippen LogP contribution in [0.2, 0.25) is 0 Å². The summed E-state index contributed by atoms with van der Waals surface area (Å²) in [6, 6.07) is 34.2. The van der Waals surface area contributed by atoms with Gasteiger partial charge in [0.2, 0.25) is 12.7 Å². The Balaban J connectivity index is 0.000000272. The highest BCUT2D eigenvalue weighted by molar-refractivity contribution is 7.87. The topological polar surface area (TPSA) is 296 Å². The van der Waals surface area contributed by atoms with Crippen LogP contribution in [0.25, 0.3) is 0 Å². The number of methoxy groups -OCH3 is 1. The molecule has 0 saturated heterocycles. The first-order valence-corrected chi connectivity index (χ1v) is 28.3. The lowest BCUT2D eigenvalue weighted by molar-refractivity contribution is 0.120. The molecule has 0 saturated carbocycles. The van der Waals surface area contributed by atoms with Crippen molar-refractivity contribution in [3.63, 3.8) is 0 Å². The quantitative estimate of drug-likeness (QED) is 0.0519. The molecule has 0 radical (unpaired) electrons. The predicted octanol–water partition coefficient (Wildman–Crippen LogP) is 14.1. The number of hydrogen-bond donors (Lipinski definition) is 3. The van der Waals surface area contributed by atoms with Crippen molar-refractivity contribution in [3.05, 3.63) is 196 Å². The third kappa shape index (κ3) is 16.7. The van der Waals surface area contributed by atoms with Crippen molar-refractivity contribution in [2.45, 2.75) is 88.0 Å². The molecular formula is C63H72N10O12S. The molecule has 5 aromatic carbocycles. The Morgan fingerprint density at radius 2 is 0.872 bits per heavy atom. The van der Waals surface area contributed by atoms with E-state index >= 15 is 0 Å². The number of pyridine rings is 3. The number of azo groups is 3. The highest BCUT2D eigenvalue weighted by Crippen LogP contribution is 2.33. The van der Waals surface area contributed by atoms with Crippen molar-refractivity contribution in [2.75, 3.05) is 13.9 Å². The van der Waals surface area contributed by atoms with Gasteiger partial charge in [0, 0.05) is 50.0 Å². The van der Waals surface area contributed by atoms with Gasteiger partial charge in [-0.3, -0.25) is 28.1 Å². The number of aromatic nitrogens is 3. The summed E-state index contributed by atoms with van der Waals surface area (Å²) in [7, 11) is 1.88. The molecule has 86 heavy (non-hydrogen) atoms. The van der Waals surface area contributed by atoms with Gasteiger partial charge >= 0.3 is 10.1 Å². The van der Waals surface area contributed by atoms with Gasteiger partial charge in [-0.05, 0) is 138 Å². The van der Waals surface area contributed by atoms with E-state index in [1.165, 1.54) is 52.3 Å². The zero-order valence-electron chi connectivity index (χ0n) is 51.1.